The van der Waals surface area contributed by atoms with E-state index in [1.807, 2.05) is 25.1 Å². The highest BCUT2D eigenvalue weighted by atomic mass is 16.4. The minimum absolute atomic E-state index is 0.0606. The van der Waals surface area contributed by atoms with Crippen molar-refractivity contribution in [1.29, 1.82) is 5.26 Å². The van der Waals surface area contributed by atoms with Gasteiger partial charge in [-0.3, -0.25) is 4.79 Å². The molecular weight excluding hydrogens is 292 g/mol. The first-order chi connectivity index (χ1) is 11.0. The van der Waals surface area contributed by atoms with Crippen molar-refractivity contribution in [3.63, 3.8) is 0 Å². The van der Waals surface area contributed by atoms with E-state index in [0.29, 0.717) is 11.3 Å². The van der Waals surface area contributed by atoms with Gasteiger partial charge in [-0.1, -0.05) is 24.3 Å². The predicted molar refractivity (Wildman–Crippen MR) is 86.8 cm³/mol. The van der Waals surface area contributed by atoms with E-state index < -0.39 is 11.9 Å². The number of benzene rings is 2. The average molecular weight is 306 g/mol. The monoisotopic (exact) mass is 306 g/mol. The lowest BCUT2D eigenvalue weighted by Crippen LogP contribution is -2.13. The van der Waals surface area contributed by atoms with Gasteiger partial charge in [-0.25, -0.2) is 4.79 Å². The molecule has 1 amide bonds. The van der Waals surface area contributed by atoms with Gasteiger partial charge in [0.25, 0.3) is 5.91 Å². The summed E-state index contributed by atoms with van der Waals surface area (Å²) < 4.78 is 0. The van der Waals surface area contributed by atoms with Crippen molar-refractivity contribution in [3.8, 4) is 6.07 Å². The Morgan fingerprint density at radius 3 is 2.43 bits per heavy atom. The summed E-state index contributed by atoms with van der Waals surface area (Å²) in [7, 11) is 0. The number of rotatable bonds is 4. The van der Waals surface area contributed by atoms with Crippen LogP contribution in [-0.4, -0.2) is 17.0 Å². The number of carboxylic acid groups (broad SMARTS) is 1. The highest BCUT2D eigenvalue weighted by Gasteiger charge is 2.10. The van der Waals surface area contributed by atoms with E-state index in [4.69, 9.17) is 10.4 Å². The van der Waals surface area contributed by atoms with Crippen LogP contribution < -0.4 is 5.32 Å². The number of carbonyl (C=O) groups excluding carboxylic acids is 1. The molecule has 0 aliphatic rings. The molecular formula is C18H14N2O3. The van der Waals surface area contributed by atoms with Gasteiger partial charge in [-0.05, 0) is 48.4 Å². The van der Waals surface area contributed by atoms with E-state index >= 15 is 0 Å². The quantitative estimate of drug-likeness (QED) is 0.670. The largest absolute Gasteiger partial charge is 0.478 e. The van der Waals surface area contributed by atoms with Crippen LogP contribution in [0.1, 0.15) is 21.5 Å². The van der Waals surface area contributed by atoms with Gasteiger partial charge in [0.15, 0.2) is 0 Å². The third kappa shape index (κ3) is 4.29. The SMILES string of the molecule is Cc1cccc(NC(=O)/C(C#N)=C/c2ccc(C(=O)O)cc2)c1. The molecule has 2 aromatic carbocycles. The Kier molecular flexibility index (Phi) is 4.90. The summed E-state index contributed by atoms with van der Waals surface area (Å²) in [6, 6.07) is 15.0. The maximum atomic E-state index is 12.1. The highest BCUT2D eigenvalue weighted by Crippen LogP contribution is 2.13. The minimum Gasteiger partial charge on any atom is -0.478 e. The molecule has 23 heavy (non-hydrogen) atoms. The number of aryl methyl sites for hydroxylation is 1. The lowest BCUT2D eigenvalue weighted by atomic mass is 10.1. The van der Waals surface area contributed by atoms with Gasteiger partial charge < -0.3 is 10.4 Å². The third-order valence-corrected chi connectivity index (χ3v) is 3.11. The fourth-order valence-corrected chi connectivity index (χ4v) is 1.96. The van der Waals surface area contributed by atoms with E-state index in [1.165, 1.54) is 18.2 Å². The zero-order chi connectivity index (χ0) is 16.8. The van der Waals surface area contributed by atoms with E-state index in [2.05, 4.69) is 5.32 Å². The summed E-state index contributed by atoms with van der Waals surface area (Å²) in [6.45, 7) is 1.90. The van der Waals surface area contributed by atoms with Crippen molar-refractivity contribution in [2.24, 2.45) is 0 Å². The first kappa shape index (κ1) is 16.0. The van der Waals surface area contributed by atoms with Gasteiger partial charge >= 0.3 is 5.97 Å². The number of anilines is 1. The van der Waals surface area contributed by atoms with Crippen LogP contribution in [0.15, 0.2) is 54.1 Å². The highest BCUT2D eigenvalue weighted by molar-refractivity contribution is 6.09. The van der Waals surface area contributed by atoms with Crippen LogP contribution in [0.2, 0.25) is 0 Å². The van der Waals surface area contributed by atoms with Crippen LogP contribution in [0.25, 0.3) is 6.08 Å². The van der Waals surface area contributed by atoms with Crippen LogP contribution >= 0.6 is 0 Å². The first-order valence-corrected chi connectivity index (χ1v) is 6.83. The van der Waals surface area contributed by atoms with Crippen LogP contribution in [0.4, 0.5) is 5.69 Å². The Hall–Kier alpha value is -3.39. The summed E-state index contributed by atoms with van der Waals surface area (Å²) in [5, 5.41) is 20.7. The zero-order valence-corrected chi connectivity index (χ0v) is 12.4. The molecule has 0 spiro atoms. The second kappa shape index (κ2) is 7.05. The molecule has 0 bridgehead atoms. The molecule has 0 aromatic heterocycles. The first-order valence-electron chi connectivity index (χ1n) is 6.83. The number of hydrogen-bond donors (Lipinski definition) is 2. The van der Waals surface area contributed by atoms with Crippen LogP contribution in [0.3, 0.4) is 0 Å². The molecule has 114 valence electrons. The van der Waals surface area contributed by atoms with Crippen LogP contribution in [0.5, 0.6) is 0 Å². The molecule has 0 unspecified atom stereocenters. The molecule has 0 saturated heterocycles. The lowest BCUT2D eigenvalue weighted by Gasteiger charge is -2.05. The Morgan fingerprint density at radius 1 is 1.17 bits per heavy atom. The minimum atomic E-state index is -1.03. The number of aromatic carboxylic acids is 1. The van der Waals surface area contributed by atoms with Gasteiger partial charge in [0.05, 0.1) is 5.56 Å². The van der Waals surface area contributed by atoms with E-state index in [0.717, 1.165) is 5.56 Å². The van der Waals surface area contributed by atoms with Gasteiger partial charge in [0, 0.05) is 5.69 Å². The summed E-state index contributed by atoms with van der Waals surface area (Å²) in [5.74, 6) is -1.54. The van der Waals surface area contributed by atoms with Crippen molar-refractivity contribution in [1.82, 2.24) is 0 Å². The number of nitriles is 1. The Morgan fingerprint density at radius 2 is 1.87 bits per heavy atom. The van der Waals surface area contributed by atoms with Gasteiger partial charge in [-0.15, -0.1) is 0 Å². The Balaban J connectivity index is 2.19. The van der Waals surface area contributed by atoms with Crippen LogP contribution in [0, 0.1) is 18.3 Å². The van der Waals surface area contributed by atoms with Crippen molar-refractivity contribution < 1.29 is 14.7 Å². The summed E-state index contributed by atoms with van der Waals surface area (Å²) in [4.78, 5) is 22.9. The number of hydrogen-bond acceptors (Lipinski definition) is 3. The van der Waals surface area contributed by atoms with Crippen molar-refractivity contribution in [3.05, 3.63) is 70.8 Å². The number of nitrogens with zero attached hydrogens (tertiary/aromatic N) is 1. The molecule has 0 saturated carbocycles. The maximum Gasteiger partial charge on any atom is 0.335 e. The molecule has 0 aliphatic carbocycles. The lowest BCUT2D eigenvalue weighted by molar-refractivity contribution is -0.112. The van der Waals surface area contributed by atoms with E-state index in [9.17, 15) is 9.59 Å². The number of carbonyl (C=O) groups is 2. The standard InChI is InChI=1S/C18H14N2O3/c1-12-3-2-4-16(9-12)20-17(21)15(11-19)10-13-5-7-14(8-6-13)18(22)23/h2-10H,1H3,(H,20,21)(H,22,23)/b15-10+. The van der Waals surface area contributed by atoms with Gasteiger partial charge in [0.2, 0.25) is 0 Å². The fourth-order valence-electron chi connectivity index (χ4n) is 1.96. The summed E-state index contributed by atoms with van der Waals surface area (Å²) in [6.07, 6.45) is 1.41. The number of amides is 1. The maximum absolute atomic E-state index is 12.1. The second-order valence-electron chi connectivity index (χ2n) is 4.92. The molecule has 5 nitrogen and oxygen atoms in total. The van der Waals surface area contributed by atoms with Crippen molar-refractivity contribution >= 4 is 23.6 Å². The Bertz CT molecular complexity index is 815. The summed E-state index contributed by atoms with van der Waals surface area (Å²) >= 11 is 0. The Labute approximate surface area is 133 Å². The third-order valence-electron chi connectivity index (χ3n) is 3.11. The van der Waals surface area contributed by atoms with E-state index in [1.54, 1.807) is 24.3 Å². The molecule has 0 radical (unpaired) electrons. The molecule has 0 heterocycles. The predicted octanol–water partition coefficient (Wildman–Crippen LogP) is 3.24. The van der Waals surface area contributed by atoms with Crippen molar-refractivity contribution in [2.45, 2.75) is 6.92 Å². The second-order valence-corrected chi connectivity index (χ2v) is 4.92. The topological polar surface area (TPSA) is 90.2 Å². The number of carboxylic acids is 1. The van der Waals surface area contributed by atoms with E-state index in [-0.39, 0.29) is 11.1 Å². The molecule has 0 fully saturated rings. The molecule has 2 N–H and O–H groups in total. The normalized spacial score (nSPS) is 10.7. The zero-order valence-electron chi connectivity index (χ0n) is 12.4. The molecule has 0 atom stereocenters. The van der Waals surface area contributed by atoms with Gasteiger partial charge in [-0.2, -0.15) is 5.26 Å². The molecule has 0 aliphatic heterocycles. The number of nitrogens with one attached hydrogen (secondary N) is 1. The van der Waals surface area contributed by atoms with Crippen molar-refractivity contribution in [2.75, 3.05) is 5.32 Å². The van der Waals surface area contributed by atoms with Crippen LogP contribution in [-0.2, 0) is 4.79 Å². The average Bonchev–Trinajstić information content (AvgIpc) is 2.53. The fraction of sp³-hybridized carbons (Fsp3) is 0.0556. The van der Waals surface area contributed by atoms with Gasteiger partial charge in [0.1, 0.15) is 11.6 Å². The molecule has 5 heteroatoms. The molecule has 2 rings (SSSR count). The smallest absolute Gasteiger partial charge is 0.335 e. The summed E-state index contributed by atoms with van der Waals surface area (Å²) in [5.41, 5.74) is 2.26. The molecule has 2 aromatic rings.